The molecule has 0 aliphatic heterocycles. The van der Waals surface area contributed by atoms with Crippen LogP contribution in [0, 0.1) is 18.3 Å². The second kappa shape index (κ2) is 3.97. The molecule has 0 saturated carbocycles. The van der Waals surface area contributed by atoms with Crippen molar-refractivity contribution in [3.8, 4) is 11.8 Å². The van der Waals surface area contributed by atoms with E-state index >= 15 is 0 Å². The van der Waals surface area contributed by atoms with E-state index in [9.17, 15) is 5.26 Å². The molecule has 0 atom stereocenters. The fourth-order valence-corrected chi connectivity index (χ4v) is 3.09. The first-order chi connectivity index (χ1) is 8.74. The third-order valence-electron chi connectivity index (χ3n) is 2.93. The zero-order valence-corrected chi connectivity index (χ0v) is 10.8. The van der Waals surface area contributed by atoms with Crippen molar-refractivity contribution >= 4 is 32.3 Å². The Morgan fingerprint density at radius 3 is 2.94 bits per heavy atom. The Labute approximate surface area is 108 Å². The molecule has 3 rings (SSSR count). The van der Waals surface area contributed by atoms with Gasteiger partial charge in [0.2, 0.25) is 0 Å². The number of rotatable bonds is 1. The topological polar surface area (TPSA) is 45.9 Å². The van der Waals surface area contributed by atoms with Gasteiger partial charge in [-0.2, -0.15) is 5.26 Å². The van der Waals surface area contributed by atoms with Crippen LogP contribution in [-0.4, -0.2) is 12.1 Å². The average molecular weight is 254 g/mol. The number of nitrogens with zero attached hydrogens (tertiary/aromatic N) is 2. The Balaban J connectivity index is 2.60. The van der Waals surface area contributed by atoms with Gasteiger partial charge in [0, 0.05) is 10.8 Å². The predicted molar refractivity (Wildman–Crippen MR) is 73.1 cm³/mol. The number of hydrogen-bond donors (Lipinski definition) is 0. The molecule has 0 saturated heterocycles. The summed E-state index contributed by atoms with van der Waals surface area (Å²) in [6.07, 6.45) is 0. The summed E-state index contributed by atoms with van der Waals surface area (Å²) in [6, 6.07) is 9.92. The van der Waals surface area contributed by atoms with E-state index in [0.29, 0.717) is 5.56 Å². The number of thiazole rings is 1. The number of methoxy groups -OCH3 is 1. The Morgan fingerprint density at radius 2 is 2.22 bits per heavy atom. The van der Waals surface area contributed by atoms with Crippen LogP contribution in [0.25, 0.3) is 21.0 Å². The SMILES string of the molecule is COc1cccc2c1c(C#N)cc1sc(C)nc12. The first-order valence-electron chi connectivity index (χ1n) is 5.51. The number of aromatic nitrogens is 1. The lowest BCUT2D eigenvalue weighted by molar-refractivity contribution is 0.420. The van der Waals surface area contributed by atoms with E-state index in [1.165, 1.54) is 0 Å². The molecule has 3 aromatic rings. The van der Waals surface area contributed by atoms with Gasteiger partial charge in [-0.3, -0.25) is 0 Å². The highest BCUT2D eigenvalue weighted by Crippen LogP contribution is 2.36. The number of benzene rings is 2. The molecule has 0 fully saturated rings. The minimum absolute atomic E-state index is 0.638. The summed E-state index contributed by atoms with van der Waals surface area (Å²) in [5, 5.41) is 12.1. The van der Waals surface area contributed by atoms with Crippen molar-refractivity contribution in [2.45, 2.75) is 6.92 Å². The van der Waals surface area contributed by atoms with Crippen LogP contribution < -0.4 is 4.74 Å². The molecule has 0 N–H and O–H groups in total. The normalized spacial score (nSPS) is 10.7. The van der Waals surface area contributed by atoms with Crippen molar-refractivity contribution in [2.75, 3.05) is 7.11 Å². The smallest absolute Gasteiger partial charge is 0.128 e. The van der Waals surface area contributed by atoms with Crippen LogP contribution in [0.1, 0.15) is 10.6 Å². The Morgan fingerprint density at radius 1 is 1.39 bits per heavy atom. The third kappa shape index (κ3) is 1.45. The van der Waals surface area contributed by atoms with Crippen molar-refractivity contribution in [3.05, 3.63) is 34.8 Å². The van der Waals surface area contributed by atoms with Crippen LogP contribution in [0.5, 0.6) is 5.75 Å². The summed E-state index contributed by atoms with van der Waals surface area (Å²) in [4.78, 5) is 4.55. The number of ether oxygens (including phenoxy) is 1. The summed E-state index contributed by atoms with van der Waals surface area (Å²) >= 11 is 1.61. The van der Waals surface area contributed by atoms with Gasteiger partial charge in [0.15, 0.2) is 0 Å². The monoisotopic (exact) mass is 254 g/mol. The second-order valence-corrected chi connectivity index (χ2v) is 5.23. The lowest BCUT2D eigenvalue weighted by Crippen LogP contribution is -1.88. The van der Waals surface area contributed by atoms with Crippen molar-refractivity contribution in [1.29, 1.82) is 5.26 Å². The molecule has 2 aromatic carbocycles. The molecule has 1 aromatic heterocycles. The van der Waals surface area contributed by atoms with Crippen LogP contribution in [0.2, 0.25) is 0 Å². The summed E-state index contributed by atoms with van der Waals surface area (Å²) in [5.74, 6) is 0.719. The summed E-state index contributed by atoms with van der Waals surface area (Å²) in [5.41, 5.74) is 1.59. The molecule has 0 aliphatic carbocycles. The highest BCUT2D eigenvalue weighted by molar-refractivity contribution is 7.18. The number of nitriles is 1. The highest BCUT2D eigenvalue weighted by Gasteiger charge is 2.13. The molecule has 0 aliphatic rings. The van der Waals surface area contributed by atoms with Crippen LogP contribution in [0.4, 0.5) is 0 Å². The van der Waals surface area contributed by atoms with Crippen molar-refractivity contribution in [1.82, 2.24) is 4.98 Å². The summed E-state index contributed by atoms with van der Waals surface area (Å²) in [6.45, 7) is 1.97. The van der Waals surface area contributed by atoms with Gasteiger partial charge in [-0.15, -0.1) is 11.3 Å². The predicted octanol–water partition coefficient (Wildman–Crippen LogP) is 3.64. The first kappa shape index (κ1) is 11.0. The van der Waals surface area contributed by atoms with Crippen LogP contribution in [0.15, 0.2) is 24.3 Å². The Kier molecular flexibility index (Phi) is 2.42. The largest absolute Gasteiger partial charge is 0.496 e. The standard InChI is InChI=1S/C14H10N2OS/c1-8-16-14-10-4-3-5-11(17-2)13(10)9(7-15)6-12(14)18-8/h3-6H,1-2H3. The molecule has 18 heavy (non-hydrogen) atoms. The van der Waals surface area contributed by atoms with E-state index in [4.69, 9.17) is 4.74 Å². The van der Waals surface area contributed by atoms with E-state index in [2.05, 4.69) is 11.1 Å². The molecular weight excluding hydrogens is 244 g/mol. The maximum atomic E-state index is 9.30. The zero-order valence-electron chi connectivity index (χ0n) is 10.0. The van der Waals surface area contributed by atoms with Crippen molar-refractivity contribution in [3.63, 3.8) is 0 Å². The van der Waals surface area contributed by atoms with Gasteiger partial charge < -0.3 is 4.74 Å². The first-order valence-corrected chi connectivity index (χ1v) is 6.33. The van der Waals surface area contributed by atoms with Gasteiger partial charge >= 0.3 is 0 Å². The minimum Gasteiger partial charge on any atom is -0.496 e. The highest BCUT2D eigenvalue weighted by atomic mass is 32.1. The maximum absolute atomic E-state index is 9.30. The van der Waals surface area contributed by atoms with Crippen molar-refractivity contribution in [2.24, 2.45) is 0 Å². The fraction of sp³-hybridized carbons (Fsp3) is 0.143. The van der Waals surface area contributed by atoms with Crippen LogP contribution in [0.3, 0.4) is 0 Å². The van der Waals surface area contributed by atoms with Crippen molar-refractivity contribution < 1.29 is 4.74 Å². The van der Waals surface area contributed by atoms with Gasteiger partial charge in [0.1, 0.15) is 5.75 Å². The van der Waals surface area contributed by atoms with Gasteiger partial charge in [-0.1, -0.05) is 12.1 Å². The number of aryl methyl sites for hydroxylation is 1. The van der Waals surface area contributed by atoms with Gasteiger partial charge in [-0.05, 0) is 19.1 Å². The van der Waals surface area contributed by atoms with Gasteiger partial charge in [-0.25, -0.2) is 4.98 Å². The second-order valence-electron chi connectivity index (χ2n) is 4.00. The zero-order chi connectivity index (χ0) is 12.7. The molecule has 0 radical (unpaired) electrons. The lowest BCUT2D eigenvalue weighted by Gasteiger charge is -2.07. The average Bonchev–Trinajstić information content (AvgIpc) is 2.77. The van der Waals surface area contributed by atoms with Crippen LogP contribution >= 0.6 is 11.3 Å². The Hall–Kier alpha value is -2.12. The van der Waals surface area contributed by atoms with Gasteiger partial charge in [0.25, 0.3) is 0 Å². The fourth-order valence-electron chi connectivity index (χ4n) is 2.20. The van der Waals surface area contributed by atoms with E-state index < -0.39 is 0 Å². The third-order valence-corrected chi connectivity index (χ3v) is 3.84. The number of fused-ring (bicyclic) bond motifs is 3. The quantitative estimate of drug-likeness (QED) is 0.666. The minimum atomic E-state index is 0.638. The molecule has 4 heteroatoms. The molecule has 0 bridgehead atoms. The van der Waals surface area contributed by atoms with E-state index in [0.717, 1.165) is 31.7 Å². The molecule has 0 spiro atoms. The Bertz CT molecular complexity index is 799. The van der Waals surface area contributed by atoms with E-state index in [1.54, 1.807) is 18.4 Å². The molecule has 88 valence electrons. The van der Waals surface area contributed by atoms with Gasteiger partial charge in [0.05, 0.1) is 34.0 Å². The van der Waals surface area contributed by atoms with E-state index in [-0.39, 0.29) is 0 Å². The molecular formula is C14H10N2OS. The summed E-state index contributed by atoms with van der Waals surface area (Å²) < 4.78 is 6.40. The van der Waals surface area contributed by atoms with Crippen LogP contribution in [-0.2, 0) is 0 Å². The molecule has 1 heterocycles. The molecule has 0 unspecified atom stereocenters. The lowest BCUT2D eigenvalue weighted by atomic mass is 10.0. The molecule has 0 amide bonds. The van der Waals surface area contributed by atoms with E-state index in [1.807, 2.05) is 31.2 Å². The molecule has 3 nitrogen and oxygen atoms in total. The maximum Gasteiger partial charge on any atom is 0.128 e. The number of hydrogen-bond acceptors (Lipinski definition) is 4. The summed E-state index contributed by atoms with van der Waals surface area (Å²) in [7, 11) is 1.62.